The number of hydrogen-bond acceptors (Lipinski definition) is 6. The number of ether oxygens (including phenoxy) is 1. The monoisotopic (exact) mass is 452 g/mol. The predicted molar refractivity (Wildman–Crippen MR) is 121 cm³/mol. The number of cyclic esters (lactones) is 1. The van der Waals surface area contributed by atoms with E-state index in [0.29, 0.717) is 28.1 Å². The molecule has 1 atom stereocenters. The molecule has 1 aliphatic heterocycles. The third kappa shape index (κ3) is 4.11. The van der Waals surface area contributed by atoms with Gasteiger partial charge in [-0.15, -0.1) is 11.3 Å². The van der Waals surface area contributed by atoms with Gasteiger partial charge in [-0.3, -0.25) is 14.7 Å². The molecule has 1 aliphatic rings. The summed E-state index contributed by atoms with van der Waals surface area (Å²) in [4.78, 5) is 34.6. The number of halogens is 1. The molecule has 9 heteroatoms. The highest BCUT2D eigenvalue weighted by Gasteiger charge is 2.33. The van der Waals surface area contributed by atoms with Crippen LogP contribution in [0.1, 0.15) is 29.9 Å². The van der Waals surface area contributed by atoms with E-state index < -0.39 is 18.0 Å². The molecule has 0 spiro atoms. The van der Waals surface area contributed by atoms with Gasteiger partial charge in [-0.2, -0.15) is 0 Å². The van der Waals surface area contributed by atoms with Crippen molar-refractivity contribution in [2.75, 3.05) is 11.4 Å². The standard InChI is InChI=1S/C22H17FN4O3S.CH4/c23-18-10-15(1-3-17(18)14-5-7-26-8-6-25-21(26)9-14)27-12-16(30-22(27)29)2-4-19(28)20-11-24-13-31-20;/h1,3,5-11,13,16H,2,4,12H2;1H4/t16-;/m0./s1. The molecular weight excluding hydrogens is 431 g/mol. The maximum absolute atomic E-state index is 14.9. The maximum Gasteiger partial charge on any atom is 0.414 e. The van der Waals surface area contributed by atoms with Crippen molar-refractivity contribution in [2.24, 2.45) is 0 Å². The minimum absolute atomic E-state index is 0. The molecule has 0 N–H and O–H groups in total. The van der Waals surface area contributed by atoms with Gasteiger partial charge in [0.2, 0.25) is 0 Å². The van der Waals surface area contributed by atoms with Gasteiger partial charge in [0, 0.05) is 36.8 Å². The van der Waals surface area contributed by atoms with Gasteiger partial charge in [0.15, 0.2) is 5.78 Å². The Bertz CT molecular complexity index is 1270. The van der Waals surface area contributed by atoms with Crippen LogP contribution in [0, 0.1) is 5.82 Å². The first-order chi connectivity index (χ1) is 15.1. The highest BCUT2D eigenvalue weighted by molar-refractivity contribution is 7.11. The van der Waals surface area contributed by atoms with Crippen molar-refractivity contribution in [1.29, 1.82) is 0 Å². The summed E-state index contributed by atoms with van der Waals surface area (Å²) in [5.74, 6) is -0.466. The van der Waals surface area contributed by atoms with Crippen LogP contribution >= 0.6 is 11.3 Å². The number of carbonyl (C=O) groups is 2. The van der Waals surface area contributed by atoms with Crippen molar-refractivity contribution in [3.05, 3.63) is 71.3 Å². The van der Waals surface area contributed by atoms with Crippen LogP contribution in [0.2, 0.25) is 0 Å². The Morgan fingerprint density at radius 1 is 1.25 bits per heavy atom. The molecule has 0 unspecified atom stereocenters. The molecule has 3 aromatic heterocycles. The van der Waals surface area contributed by atoms with Gasteiger partial charge in [-0.1, -0.05) is 7.43 Å². The van der Waals surface area contributed by atoms with E-state index in [2.05, 4.69) is 9.97 Å². The van der Waals surface area contributed by atoms with Gasteiger partial charge in [-0.25, -0.2) is 14.2 Å². The molecule has 1 saturated heterocycles. The molecule has 0 bridgehead atoms. The molecule has 4 aromatic rings. The van der Waals surface area contributed by atoms with Crippen molar-refractivity contribution < 1.29 is 18.7 Å². The number of ketones is 1. The van der Waals surface area contributed by atoms with Crippen molar-refractivity contribution >= 4 is 34.5 Å². The predicted octanol–water partition coefficient (Wildman–Crippen LogP) is 5.22. The van der Waals surface area contributed by atoms with Crippen LogP contribution in [0.15, 0.2) is 60.6 Å². The van der Waals surface area contributed by atoms with Crippen LogP contribution in [-0.4, -0.2) is 38.9 Å². The summed E-state index contributed by atoms with van der Waals surface area (Å²) in [6.45, 7) is 0.271. The van der Waals surface area contributed by atoms with Crippen LogP contribution in [0.25, 0.3) is 16.8 Å². The van der Waals surface area contributed by atoms with Crippen LogP contribution in [0.5, 0.6) is 0 Å². The lowest BCUT2D eigenvalue weighted by atomic mass is 10.1. The number of fused-ring (bicyclic) bond motifs is 1. The van der Waals surface area contributed by atoms with E-state index in [1.807, 2.05) is 22.9 Å². The van der Waals surface area contributed by atoms with Gasteiger partial charge in [0.25, 0.3) is 0 Å². The summed E-state index contributed by atoms with van der Waals surface area (Å²) in [7, 11) is 0. The summed E-state index contributed by atoms with van der Waals surface area (Å²) < 4.78 is 22.1. The second kappa shape index (κ2) is 8.88. The number of Topliss-reactive ketones (excluding diaryl/α,β-unsaturated/α-hetero) is 1. The van der Waals surface area contributed by atoms with E-state index in [0.717, 1.165) is 5.65 Å². The van der Waals surface area contributed by atoms with Crippen LogP contribution in [0.4, 0.5) is 14.9 Å². The van der Waals surface area contributed by atoms with Crippen molar-refractivity contribution in [3.8, 4) is 11.1 Å². The summed E-state index contributed by atoms with van der Waals surface area (Å²) in [6, 6.07) is 8.29. The van der Waals surface area contributed by atoms with E-state index in [1.165, 1.54) is 28.5 Å². The molecule has 1 fully saturated rings. The molecular formula is C23H21FN4O3S. The minimum atomic E-state index is -0.541. The molecule has 32 heavy (non-hydrogen) atoms. The normalized spacial score (nSPS) is 15.6. The van der Waals surface area contributed by atoms with Gasteiger partial charge in [0.05, 0.1) is 22.6 Å². The number of anilines is 1. The zero-order valence-corrected chi connectivity index (χ0v) is 17.1. The number of hydrogen-bond donors (Lipinski definition) is 0. The molecule has 4 heterocycles. The largest absolute Gasteiger partial charge is 0.444 e. The molecule has 1 aromatic carbocycles. The maximum atomic E-state index is 14.9. The quantitative estimate of drug-likeness (QED) is 0.375. The number of benzene rings is 1. The van der Waals surface area contributed by atoms with Crippen LogP contribution in [-0.2, 0) is 4.74 Å². The summed E-state index contributed by atoms with van der Waals surface area (Å²) >= 11 is 1.29. The minimum Gasteiger partial charge on any atom is -0.444 e. The first kappa shape index (κ1) is 21.6. The van der Waals surface area contributed by atoms with Crippen molar-refractivity contribution in [3.63, 3.8) is 0 Å². The Kier molecular flexibility index (Phi) is 6.00. The van der Waals surface area contributed by atoms with E-state index in [4.69, 9.17) is 4.74 Å². The number of rotatable bonds is 6. The second-order valence-corrected chi connectivity index (χ2v) is 8.10. The average Bonchev–Trinajstić information content (AvgIpc) is 3.52. The number of carbonyl (C=O) groups excluding carboxylic acids is 2. The highest BCUT2D eigenvalue weighted by Crippen LogP contribution is 2.30. The van der Waals surface area contributed by atoms with E-state index in [1.54, 1.807) is 29.9 Å². The number of pyridine rings is 1. The first-order valence-electron chi connectivity index (χ1n) is 9.71. The van der Waals surface area contributed by atoms with Crippen LogP contribution < -0.4 is 4.90 Å². The SMILES string of the molecule is C.O=C(CC[C@H]1CN(c2ccc(-c3ccn4ccnc4c3)c(F)c2)C(=O)O1)c1cncs1. The van der Waals surface area contributed by atoms with E-state index in [-0.39, 0.29) is 26.2 Å². The van der Waals surface area contributed by atoms with E-state index >= 15 is 0 Å². The Morgan fingerprint density at radius 2 is 2.12 bits per heavy atom. The van der Waals surface area contributed by atoms with Crippen LogP contribution in [0.3, 0.4) is 0 Å². The lowest BCUT2D eigenvalue weighted by molar-refractivity contribution is 0.0943. The lowest BCUT2D eigenvalue weighted by Crippen LogP contribution is -2.24. The first-order valence-corrected chi connectivity index (χ1v) is 10.6. The molecule has 0 aliphatic carbocycles. The lowest BCUT2D eigenvalue weighted by Gasteiger charge is -2.14. The Balaban J connectivity index is 0.00000245. The molecule has 0 saturated carbocycles. The summed E-state index contributed by atoms with van der Waals surface area (Å²) in [6.07, 6.45) is 6.56. The Morgan fingerprint density at radius 3 is 2.91 bits per heavy atom. The molecule has 1 amide bonds. The van der Waals surface area contributed by atoms with E-state index in [9.17, 15) is 14.0 Å². The number of thiazole rings is 1. The summed E-state index contributed by atoms with van der Waals surface area (Å²) in [5.41, 5.74) is 3.87. The van der Waals surface area contributed by atoms with Crippen molar-refractivity contribution in [2.45, 2.75) is 26.4 Å². The fraction of sp³-hybridized carbons (Fsp3) is 0.217. The number of imidazole rings is 1. The second-order valence-electron chi connectivity index (χ2n) is 7.22. The van der Waals surface area contributed by atoms with Crippen molar-refractivity contribution in [1.82, 2.24) is 14.4 Å². The van der Waals surface area contributed by atoms with Gasteiger partial charge >= 0.3 is 6.09 Å². The van der Waals surface area contributed by atoms with Gasteiger partial charge in [-0.05, 0) is 42.3 Å². The van der Waals surface area contributed by atoms with Gasteiger partial charge in [0.1, 0.15) is 17.6 Å². The highest BCUT2D eigenvalue weighted by atomic mass is 32.1. The molecule has 5 rings (SSSR count). The molecule has 7 nitrogen and oxygen atoms in total. The smallest absolute Gasteiger partial charge is 0.414 e. The fourth-order valence-corrected chi connectivity index (χ4v) is 4.23. The molecule has 0 radical (unpaired) electrons. The third-order valence-corrected chi connectivity index (χ3v) is 6.06. The Labute approximate surface area is 188 Å². The average molecular weight is 453 g/mol. The van der Waals surface area contributed by atoms with Gasteiger partial charge < -0.3 is 9.14 Å². The number of nitrogens with zero attached hydrogens (tertiary/aromatic N) is 4. The zero-order valence-electron chi connectivity index (χ0n) is 16.3. The molecule has 164 valence electrons. The Hall–Kier alpha value is -3.59. The fourth-order valence-electron chi connectivity index (χ4n) is 3.64. The zero-order chi connectivity index (χ0) is 21.4. The summed E-state index contributed by atoms with van der Waals surface area (Å²) in [5, 5.41) is 0. The number of amides is 1. The topological polar surface area (TPSA) is 76.8 Å². The third-order valence-electron chi connectivity index (χ3n) is 5.25. The number of aromatic nitrogens is 3.